The van der Waals surface area contributed by atoms with Crippen molar-refractivity contribution in [2.24, 2.45) is 11.7 Å². The van der Waals surface area contributed by atoms with Gasteiger partial charge in [-0.1, -0.05) is 30.3 Å². The molecule has 0 spiro atoms. The van der Waals surface area contributed by atoms with Crippen LogP contribution in [0.2, 0.25) is 0 Å². The third-order valence-electron chi connectivity index (χ3n) is 4.51. The monoisotopic (exact) mass is 387 g/mol. The maximum absolute atomic E-state index is 12.9. The molecule has 1 aliphatic rings. The molecule has 2 N–H and O–H groups in total. The van der Waals surface area contributed by atoms with E-state index in [1.807, 2.05) is 44.2 Å². The van der Waals surface area contributed by atoms with Crippen LogP contribution in [0.5, 0.6) is 0 Å². The lowest BCUT2D eigenvalue weighted by Crippen LogP contribution is -2.30. The average molecular weight is 388 g/mol. The molecule has 5 nitrogen and oxygen atoms in total. The molecule has 2 atom stereocenters. The van der Waals surface area contributed by atoms with E-state index in [1.165, 1.54) is 11.3 Å². The standard InChI is InChI=1S/C16H21N3O2S2.ClH/c1-11-12(2)22-16(18-11)23(20,21)19-9-14(8-17)15(10-19)13-6-4-3-5-7-13;/h3-7,14-15H,8-10,17H2,1-2H3;1H/t14-,15+;/m1./s1. The largest absolute Gasteiger partial charge is 0.330 e. The number of hydrogen-bond acceptors (Lipinski definition) is 5. The fourth-order valence-electron chi connectivity index (χ4n) is 3.01. The molecule has 2 heterocycles. The highest BCUT2D eigenvalue weighted by Gasteiger charge is 2.40. The van der Waals surface area contributed by atoms with Crippen LogP contribution >= 0.6 is 23.7 Å². The van der Waals surface area contributed by atoms with E-state index in [-0.39, 0.29) is 28.6 Å². The van der Waals surface area contributed by atoms with E-state index in [2.05, 4.69) is 4.98 Å². The van der Waals surface area contributed by atoms with E-state index < -0.39 is 10.0 Å². The van der Waals surface area contributed by atoms with Gasteiger partial charge in [-0.2, -0.15) is 4.31 Å². The minimum Gasteiger partial charge on any atom is -0.330 e. The van der Waals surface area contributed by atoms with Crippen molar-refractivity contribution in [2.75, 3.05) is 19.6 Å². The predicted octanol–water partition coefficient (Wildman–Crippen LogP) is 2.54. The van der Waals surface area contributed by atoms with Gasteiger partial charge in [0, 0.05) is 23.9 Å². The second kappa shape index (κ2) is 7.49. The molecule has 24 heavy (non-hydrogen) atoms. The summed E-state index contributed by atoms with van der Waals surface area (Å²) in [5.74, 6) is 0.271. The molecule has 132 valence electrons. The highest BCUT2D eigenvalue weighted by Crippen LogP contribution is 2.36. The zero-order chi connectivity index (χ0) is 16.6. The van der Waals surface area contributed by atoms with Gasteiger partial charge in [0.15, 0.2) is 0 Å². The lowest BCUT2D eigenvalue weighted by molar-refractivity contribution is 0.458. The number of hydrogen-bond donors (Lipinski definition) is 1. The van der Waals surface area contributed by atoms with Gasteiger partial charge in [-0.25, -0.2) is 13.4 Å². The van der Waals surface area contributed by atoms with E-state index in [9.17, 15) is 8.42 Å². The Bertz CT molecular complexity index is 773. The molecule has 0 aliphatic carbocycles. The number of nitrogens with two attached hydrogens (primary N) is 1. The van der Waals surface area contributed by atoms with Crippen LogP contribution in [-0.4, -0.2) is 37.3 Å². The molecule has 0 radical (unpaired) electrons. The van der Waals surface area contributed by atoms with Gasteiger partial charge < -0.3 is 5.73 Å². The Kier molecular flexibility index (Phi) is 6.04. The molecule has 1 saturated heterocycles. The third kappa shape index (κ3) is 3.50. The summed E-state index contributed by atoms with van der Waals surface area (Å²) in [6.45, 7) is 5.12. The zero-order valence-corrected chi connectivity index (χ0v) is 16.1. The van der Waals surface area contributed by atoms with Crippen LogP contribution in [0.25, 0.3) is 0 Å². The summed E-state index contributed by atoms with van der Waals surface area (Å²) in [7, 11) is -3.54. The molecule has 0 unspecified atom stereocenters. The number of sulfonamides is 1. The van der Waals surface area contributed by atoms with Crippen LogP contribution in [0.1, 0.15) is 22.1 Å². The maximum atomic E-state index is 12.9. The quantitative estimate of drug-likeness (QED) is 0.874. The molecule has 1 aliphatic heterocycles. The average Bonchev–Trinajstić information content (AvgIpc) is 3.13. The van der Waals surface area contributed by atoms with Gasteiger partial charge in [-0.15, -0.1) is 23.7 Å². The first-order chi connectivity index (χ1) is 10.9. The third-order valence-corrected chi connectivity index (χ3v) is 7.77. The Morgan fingerprint density at radius 2 is 1.92 bits per heavy atom. The van der Waals surface area contributed by atoms with Crippen LogP contribution < -0.4 is 5.73 Å². The predicted molar refractivity (Wildman–Crippen MR) is 99.3 cm³/mol. The number of thiazole rings is 1. The number of rotatable bonds is 4. The summed E-state index contributed by atoms with van der Waals surface area (Å²) in [5.41, 5.74) is 7.83. The van der Waals surface area contributed by atoms with Gasteiger partial charge in [0.2, 0.25) is 4.34 Å². The molecular weight excluding hydrogens is 366 g/mol. The van der Waals surface area contributed by atoms with Gasteiger partial charge in [0.1, 0.15) is 0 Å². The Hall–Kier alpha value is -0.990. The molecular formula is C16H22ClN3O2S2. The normalized spacial score (nSPS) is 21.6. The molecule has 1 aromatic heterocycles. The fourth-order valence-corrected chi connectivity index (χ4v) is 5.98. The lowest BCUT2D eigenvalue weighted by atomic mass is 9.89. The maximum Gasteiger partial charge on any atom is 0.270 e. The second-order valence-electron chi connectivity index (χ2n) is 5.96. The number of nitrogens with zero attached hydrogens (tertiary/aromatic N) is 2. The first-order valence-corrected chi connectivity index (χ1v) is 9.88. The fraction of sp³-hybridized carbons (Fsp3) is 0.438. The first kappa shape index (κ1) is 19.3. The summed E-state index contributed by atoms with van der Waals surface area (Å²) in [6, 6.07) is 10.0. The van der Waals surface area contributed by atoms with E-state index in [4.69, 9.17) is 5.73 Å². The summed E-state index contributed by atoms with van der Waals surface area (Å²) in [5, 5.41) is 0. The van der Waals surface area contributed by atoms with Crippen molar-refractivity contribution in [3.05, 3.63) is 46.5 Å². The smallest absolute Gasteiger partial charge is 0.270 e. The van der Waals surface area contributed by atoms with Crippen molar-refractivity contribution in [1.29, 1.82) is 0 Å². The summed E-state index contributed by atoms with van der Waals surface area (Å²) >= 11 is 1.24. The van der Waals surface area contributed by atoms with Gasteiger partial charge in [0.25, 0.3) is 10.0 Å². The van der Waals surface area contributed by atoms with E-state index in [0.29, 0.717) is 19.6 Å². The summed E-state index contributed by atoms with van der Waals surface area (Å²) < 4.78 is 27.5. The summed E-state index contributed by atoms with van der Waals surface area (Å²) in [6.07, 6.45) is 0. The minimum atomic E-state index is -3.54. The SMILES string of the molecule is Cc1nc(S(=O)(=O)N2C[C@@H](CN)[C@H](c3ccccc3)C2)sc1C.Cl. The highest BCUT2D eigenvalue weighted by atomic mass is 35.5. The van der Waals surface area contributed by atoms with Gasteiger partial charge in [-0.05, 0) is 31.9 Å². The molecule has 1 fully saturated rings. The second-order valence-corrected chi connectivity index (χ2v) is 9.27. The van der Waals surface area contributed by atoms with E-state index in [0.717, 1.165) is 16.1 Å². The van der Waals surface area contributed by atoms with Gasteiger partial charge in [0.05, 0.1) is 5.69 Å². The number of benzene rings is 1. The van der Waals surface area contributed by atoms with Crippen molar-refractivity contribution in [1.82, 2.24) is 9.29 Å². The van der Waals surface area contributed by atoms with Crippen LogP contribution in [0.15, 0.2) is 34.7 Å². The Labute approximate surface area is 153 Å². The van der Waals surface area contributed by atoms with Crippen LogP contribution in [0.4, 0.5) is 0 Å². The Balaban J connectivity index is 0.00000208. The van der Waals surface area contributed by atoms with Crippen LogP contribution in [0.3, 0.4) is 0 Å². The topological polar surface area (TPSA) is 76.3 Å². The van der Waals surface area contributed by atoms with E-state index in [1.54, 1.807) is 4.31 Å². The number of aryl methyl sites for hydroxylation is 2. The van der Waals surface area contributed by atoms with Crippen molar-refractivity contribution < 1.29 is 8.42 Å². The molecule has 0 bridgehead atoms. The Morgan fingerprint density at radius 3 is 2.46 bits per heavy atom. The van der Waals surface area contributed by atoms with Crippen LogP contribution in [-0.2, 0) is 10.0 Å². The van der Waals surface area contributed by atoms with Crippen molar-refractivity contribution in [3.63, 3.8) is 0 Å². The number of aromatic nitrogens is 1. The van der Waals surface area contributed by atoms with Crippen LogP contribution in [0, 0.1) is 19.8 Å². The molecule has 8 heteroatoms. The van der Waals surface area contributed by atoms with Crippen molar-refractivity contribution >= 4 is 33.8 Å². The zero-order valence-electron chi connectivity index (χ0n) is 13.7. The van der Waals surface area contributed by atoms with Crippen molar-refractivity contribution in [3.8, 4) is 0 Å². The Morgan fingerprint density at radius 1 is 1.25 bits per heavy atom. The van der Waals surface area contributed by atoms with Gasteiger partial charge in [-0.3, -0.25) is 0 Å². The molecule has 0 amide bonds. The van der Waals surface area contributed by atoms with Crippen molar-refractivity contribution in [2.45, 2.75) is 24.1 Å². The molecule has 3 rings (SSSR count). The first-order valence-electron chi connectivity index (χ1n) is 7.62. The van der Waals surface area contributed by atoms with E-state index >= 15 is 0 Å². The molecule has 0 saturated carbocycles. The highest BCUT2D eigenvalue weighted by molar-refractivity contribution is 7.91. The molecule has 1 aromatic carbocycles. The molecule has 2 aromatic rings. The summed E-state index contributed by atoms with van der Waals surface area (Å²) in [4.78, 5) is 5.18. The number of halogens is 1. The minimum absolute atomic E-state index is 0. The lowest BCUT2D eigenvalue weighted by Gasteiger charge is -2.16. The van der Waals surface area contributed by atoms with Gasteiger partial charge >= 0.3 is 0 Å².